The van der Waals surface area contributed by atoms with Crippen LogP contribution in [0.1, 0.15) is 94.5 Å². The fraction of sp³-hybridized carbons (Fsp3) is 0.0702. The van der Waals surface area contributed by atoms with Crippen molar-refractivity contribution in [3.05, 3.63) is 455 Å². The van der Waals surface area contributed by atoms with Crippen molar-refractivity contribution in [2.24, 2.45) is 0 Å². The van der Waals surface area contributed by atoms with E-state index in [1.807, 2.05) is 0 Å². The van der Waals surface area contributed by atoms with Gasteiger partial charge in [-0.15, -0.1) is 0 Å². The van der Waals surface area contributed by atoms with E-state index >= 15 is 0 Å². The molecule has 8 heteroatoms. The van der Waals surface area contributed by atoms with Crippen LogP contribution in [0.3, 0.4) is 0 Å². The van der Waals surface area contributed by atoms with Gasteiger partial charge in [0.15, 0.2) is 34.9 Å². The van der Waals surface area contributed by atoms with E-state index in [1.165, 1.54) is 133 Å². The van der Waals surface area contributed by atoms with Crippen molar-refractivity contribution in [2.45, 2.75) is 49.4 Å². The summed E-state index contributed by atoms with van der Waals surface area (Å²) in [6.07, 6.45) is 0. The van der Waals surface area contributed by atoms with Gasteiger partial charge in [-0.3, -0.25) is 0 Å². The second-order valence-corrected chi connectivity index (χ2v) is 34.2. The lowest BCUT2D eigenvalue weighted by Gasteiger charge is -2.50. The number of fused-ring (bicyclic) bond motifs is 26. The number of hydrogen-bond acceptors (Lipinski definition) is 6. The molecular weight excluding hydrogens is 1480 g/mol. The molecule has 2 atom stereocenters. The van der Waals surface area contributed by atoms with Gasteiger partial charge in [0, 0.05) is 65.8 Å². The Morgan fingerprint density at radius 3 is 0.926 bits per heavy atom. The molecule has 2 aliphatic carbocycles. The number of hydrogen-bond donors (Lipinski definition) is 0. The molecule has 18 aromatic carbocycles. The summed E-state index contributed by atoms with van der Waals surface area (Å²) in [5.74, 6) is 3.94. The number of benzene rings is 18. The Bertz CT molecular complexity index is 8060. The molecule has 0 amide bonds. The van der Waals surface area contributed by atoms with Gasteiger partial charge < -0.3 is 9.13 Å². The van der Waals surface area contributed by atoms with Crippen LogP contribution >= 0.6 is 0 Å². The second kappa shape index (κ2) is 26.1. The van der Waals surface area contributed by atoms with Crippen molar-refractivity contribution < 1.29 is 0 Å². The topological polar surface area (TPSA) is 87.2 Å². The van der Waals surface area contributed by atoms with Crippen molar-refractivity contribution in [1.29, 1.82) is 0 Å². The monoisotopic (exact) mass is 1560 g/mol. The third-order valence-corrected chi connectivity index (χ3v) is 27.3. The molecule has 0 radical (unpaired) electrons. The van der Waals surface area contributed by atoms with Crippen molar-refractivity contribution in [3.63, 3.8) is 0 Å². The van der Waals surface area contributed by atoms with Crippen molar-refractivity contribution >= 4 is 86.7 Å². The standard InChI is InChI=1S/2C57H38N4/c1-56(2)44-28-8-9-29-45(44)57(46-30-10-12-34-50(46)61-49-33-11-7-23-39(49)40-24-15-32-48(57)52(40)61)47-31-16-27-43(51(47)56)55-59-53(41-25-13-19-35-17-3-5-21-37(35)41)58-54(60-55)42-26-14-20-36-18-4-6-22-38(36)42;1-56(2)44-22-8-9-23-45(44)57(46-24-10-12-28-50(46)61-49-27-11-7-19-41(49)42-20-13-26-48(57)52(42)61)47-25-14-21-43(51(47)56)55-59-53(39-31-29-35-15-3-5-17-37(35)33-39)58-54(60-55)40-32-30-36-16-4-6-18-38(36)34-40/h2*3-34H,1-2H3. The number of aromatic nitrogens is 8. The molecule has 572 valence electrons. The van der Waals surface area contributed by atoms with Crippen LogP contribution in [0.5, 0.6) is 0 Å². The summed E-state index contributed by atoms with van der Waals surface area (Å²) in [4.78, 5) is 32.5. The molecular formula is C114H76N8. The molecule has 26 rings (SSSR count). The minimum atomic E-state index is -0.637. The van der Waals surface area contributed by atoms with Gasteiger partial charge in [-0.25, -0.2) is 29.9 Å². The molecule has 0 saturated heterocycles. The predicted molar refractivity (Wildman–Crippen MR) is 499 cm³/mol. The SMILES string of the molecule is CC1(C)c2ccccc2C2(c3ccccc3-n3c4ccccc4c4cccc2c43)c2cccc(-c3nc(-c4ccc5ccccc5c4)nc(-c4ccc5ccccc5c4)n3)c21.CC1(C)c2ccccc2C2(c3ccccc3-n3c4ccccc4c4cccc2c43)c2cccc(-c3nc(-c4cccc5ccccc45)nc(-c4cccc5ccccc45)n3)c21. The fourth-order valence-electron chi connectivity index (χ4n) is 22.3. The third-order valence-electron chi connectivity index (χ3n) is 27.3. The van der Waals surface area contributed by atoms with Crippen molar-refractivity contribution in [3.8, 4) is 79.7 Å². The van der Waals surface area contributed by atoms with Crippen molar-refractivity contribution in [1.82, 2.24) is 39.0 Å². The third kappa shape index (κ3) is 9.68. The van der Waals surface area contributed by atoms with Gasteiger partial charge >= 0.3 is 0 Å². The van der Waals surface area contributed by atoms with Crippen LogP contribution in [0.4, 0.5) is 0 Å². The van der Waals surface area contributed by atoms with E-state index in [0.29, 0.717) is 34.9 Å². The Kier molecular flexibility index (Phi) is 14.9. The van der Waals surface area contributed by atoms with E-state index in [2.05, 4.69) is 425 Å². The maximum Gasteiger partial charge on any atom is 0.164 e. The highest BCUT2D eigenvalue weighted by atomic mass is 15.1. The Morgan fingerprint density at radius 1 is 0.197 bits per heavy atom. The van der Waals surface area contributed by atoms with Crippen LogP contribution < -0.4 is 0 Å². The largest absolute Gasteiger partial charge is 0.309 e. The zero-order valence-corrected chi connectivity index (χ0v) is 67.5. The minimum Gasteiger partial charge on any atom is -0.309 e. The van der Waals surface area contributed by atoms with Gasteiger partial charge in [0.05, 0.1) is 44.3 Å². The van der Waals surface area contributed by atoms with Gasteiger partial charge in [0.1, 0.15) is 0 Å². The lowest BCUT2D eigenvalue weighted by Crippen LogP contribution is -2.44. The summed E-state index contributed by atoms with van der Waals surface area (Å²) in [5, 5.41) is 14.2. The first-order valence-electron chi connectivity index (χ1n) is 42.2. The van der Waals surface area contributed by atoms with Gasteiger partial charge in [0.25, 0.3) is 0 Å². The van der Waals surface area contributed by atoms with E-state index in [-0.39, 0.29) is 0 Å². The maximum absolute atomic E-state index is 5.51. The van der Waals surface area contributed by atoms with Crippen LogP contribution in [-0.2, 0) is 21.7 Å². The summed E-state index contributed by atoms with van der Waals surface area (Å²) >= 11 is 0. The Morgan fingerprint density at radius 2 is 0.484 bits per heavy atom. The van der Waals surface area contributed by atoms with E-state index in [0.717, 1.165) is 65.7 Å². The van der Waals surface area contributed by atoms with Crippen LogP contribution in [-0.4, -0.2) is 39.0 Å². The molecule has 122 heavy (non-hydrogen) atoms. The summed E-state index contributed by atoms with van der Waals surface area (Å²) < 4.78 is 5.01. The minimum absolute atomic E-state index is 0.417. The van der Waals surface area contributed by atoms with E-state index in [9.17, 15) is 0 Å². The first-order valence-corrected chi connectivity index (χ1v) is 42.2. The highest BCUT2D eigenvalue weighted by molar-refractivity contribution is 6.14. The predicted octanol–water partition coefficient (Wildman–Crippen LogP) is 27.2. The maximum atomic E-state index is 5.51. The molecule has 2 spiro atoms. The highest BCUT2D eigenvalue weighted by Crippen LogP contribution is 2.64. The molecule has 4 aliphatic rings. The summed E-state index contributed by atoms with van der Waals surface area (Å²) in [5.41, 5.74) is 26.4. The molecule has 0 fully saturated rings. The Hall–Kier alpha value is -15.4. The first-order chi connectivity index (χ1) is 60.0. The summed E-state index contributed by atoms with van der Waals surface area (Å²) in [6, 6.07) is 141. The zero-order valence-electron chi connectivity index (χ0n) is 67.5. The molecule has 6 heterocycles. The first kappa shape index (κ1) is 69.7. The average Bonchev–Trinajstić information content (AvgIpc) is 1.25. The van der Waals surface area contributed by atoms with E-state index < -0.39 is 21.7 Å². The number of para-hydroxylation sites is 6. The lowest BCUT2D eigenvalue weighted by molar-refractivity contribution is 0.557. The molecule has 2 unspecified atom stereocenters. The van der Waals surface area contributed by atoms with Gasteiger partial charge in [-0.2, -0.15) is 0 Å². The molecule has 0 saturated carbocycles. The summed E-state index contributed by atoms with van der Waals surface area (Å²) in [7, 11) is 0. The van der Waals surface area contributed by atoms with Gasteiger partial charge in [-0.05, 0) is 146 Å². The second-order valence-electron chi connectivity index (χ2n) is 34.2. The molecule has 2 aliphatic heterocycles. The fourth-order valence-corrected chi connectivity index (χ4v) is 22.3. The lowest BCUT2D eigenvalue weighted by atomic mass is 9.52. The molecule has 22 aromatic rings. The van der Waals surface area contributed by atoms with Crippen LogP contribution in [0.15, 0.2) is 388 Å². The van der Waals surface area contributed by atoms with E-state index in [1.54, 1.807) is 0 Å². The Balaban J connectivity index is 0.000000134. The van der Waals surface area contributed by atoms with Gasteiger partial charge in [-0.1, -0.05) is 380 Å². The van der Waals surface area contributed by atoms with Crippen molar-refractivity contribution in [2.75, 3.05) is 0 Å². The smallest absolute Gasteiger partial charge is 0.164 e. The van der Waals surface area contributed by atoms with Crippen LogP contribution in [0.25, 0.3) is 166 Å². The average molecular weight is 1560 g/mol. The summed E-state index contributed by atoms with van der Waals surface area (Å²) in [6.45, 7) is 9.52. The molecule has 4 aromatic heterocycles. The molecule has 8 nitrogen and oxygen atoms in total. The Labute approximate surface area is 705 Å². The molecule has 0 N–H and O–H groups in total. The van der Waals surface area contributed by atoms with Gasteiger partial charge in [0.2, 0.25) is 0 Å². The van der Waals surface area contributed by atoms with Crippen LogP contribution in [0, 0.1) is 0 Å². The van der Waals surface area contributed by atoms with E-state index in [4.69, 9.17) is 29.9 Å². The van der Waals surface area contributed by atoms with Crippen LogP contribution in [0.2, 0.25) is 0 Å². The number of nitrogens with zero attached hydrogens (tertiary/aromatic N) is 8. The zero-order chi connectivity index (χ0) is 80.9. The quantitative estimate of drug-likeness (QED) is 0.165. The molecule has 0 bridgehead atoms. The number of rotatable bonds is 6. The highest BCUT2D eigenvalue weighted by Gasteiger charge is 2.56. The normalized spacial score (nSPS) is 15.9.